The Bertz CT molecular complexity index is 670. The van der Waals surface area contributed by atoms with Gasteiger partial charge in [-0.05, 0) is 39.8 Å². The Morgan fingerprint density at radius 2 is 1.77 bits per heavy atom. The molecule has 4 nitrogen and oxygen atoms in total. The minimum atomic E-state index is -0.449. The van der Waals surface area contributed by atoms with E-state index in [1.807, 2.05) is 0 Å². The predicted molar refractivity (Wildman–Crippen MR) is 87.1 cm³/mol. The second-order valence-electron chi connectivity index (χ2n) is 6.16. The minimum absolute atomic E-state index is 0. The number of rotatable bonds is 1. The lowest BCUT2D eigenvalue weighted by atomic mass is 9.85. The van der Waals surface area contributed by atoms with Crippen LogP contribution in [0.1, 0.15) is 38.3 Å². The van der Waals surface area contributed by atoms with Crippen molar-refractivity contribution in [3.05, 3.63) is 29.7 Å². The van der Waals surface area contributed by atoms with E-state index in [1.54, 1.807) is 6.07 Å². The van der Waals surface area contributed by atoms with E-state index in [-0.39, 0.29) is 18.2 Å². The number of aromatic hydroxyl groups is 1. The molecule has 0 bridgehead atoms. The Balaban J connectivity index is 0.00000176. The van der Waals surface area contributed by atoms with Gasteiger partial charge >= 0.3 is 0 Å². The zero-order valence-corrected chi connectivity index (χ0v) is 13.8. The number of piperidine rings is 1. The molecule has 2 unspecified atom stereocenters. The number of phenolic OH excluding ortho intramolecular Hbond substituents is 1. The Kier molecular flexibility index (Phi) is 4.87. The minimum Gasteiger partial charge on any atom is -0.508 e. The normalized spacial score (nSPS) is 25.9. The van der Waals surface area contributed by atoms with Crippen LogP contribution < -0.4 is 0 Å². The molecule has 1 aliphatic heterocycles. The fourth-order valence-electron chi connectivity index (χ4n) is 3.23. The van der Waals surface area contributed by atoms with E-state index in [0.29, 0.717) is 28.9 Å². The van der Waals surface area contributed by atoms with Gasteiger partial charge in [0.25, 0.3) is 0 Å². The van der Waals surface area contributed by atoms with Gasteiger partial charge in [0.15, 0.2) is 0 Å². The molecule has 1 N–H and O–H groups in total. The van der Waals surface area contributed by atoms with Crippen LogP contribution in [0, 0.1) is 5.82 Å². The van der Waals surface area contributed by atoms with Crippen LogP contribution in [0.2, 0.25) is 0 Å². The second kappa shape index (κ2) is 6.34. The van der Waals surface area contributed by atoms with Crippen molar-refractivity contribution in [2.45, 2.75) is 44.7 Å². The Hall–Kier alpha value is -1.46. The number of likely N-dealkylation sites (tertiary alicyclic amines) is 1. The number of phenols is 1. The number of halogens is 2. The SMILES string of the molecule is CC1CC(c2cc3c(F)cc(O)cc3nn2)CC(C)N1C.Cl. The lowest BCUT2D eigenvalue weighted by Crippen LogP contribution is -2.43. The van der Waals surface area contributed by atoms with Gasteiger partial charge in [-0.3, -0.25) is 0 Å². The van der Waals surface area contributed by atoms with Crippen molar-refractivity contribution < 1.29 is 9.50 Å². The van der Waals surface area contributed by atoms with E-state index in [4.69, 9.17) is 0 Å². The highest BCUT2D eigenvalue weighted by Crippen LogP contribution is 2.34. The molecule has 6 heteroatoms. The largest absolute Gasteiger partial charge is 0.508 e. The van der Waals surface area contributed by atoms with Crippen LogP contribution in [-0.2, 0) is 0 Å². The second-order valence-corrected chi connectivity index (χ2v) is 6.16. The van der Waals surface area contributed by atoms with Crippen molar-refractivity contribution >= 4 is 23.3 Å². The number of hydrogen-bond acceptors (Lipinski definition) is 4. The van der Waals surface area contributed by atoms with E-state index >= 15 is 0 Å². The summed E-state index contributed by atoms with van der Waals surface area (Å²) in [5, 5.41) is 18.2. The van der Waals surface area contributed by atoms with E-state index in [1.165, 1.54) is 6.07 Å². The number of benzene rings is 1. The summed E-state index contributed by atoms with van der Waals surface area (Å²) in [5.41, 5.74) is 1.24. The van der Waals surface area contributed by atoms with Gasteiger partial charge < -0.3 is 10.0 Å². The zero-order chi connectivity index (χ0) is 15.1. The molecule has 2 atom stereocenters. The van der Waals surface area contributed by atoms with Crippen LogP contribution in [0.15, 0.2) is 18.2 Å². The first-order valence-corrected chi connectivity index (χ1v) is 7.33. The topological polar surface area (TPSA) is 49.3 Å². The third-order valence-electron chi connectivity index (χ3n) is 4.72. The van der Waals surface area contributed by atoms with Gasteiger partial charge in [0.1, 0.15) is 11.6 Å². The van der Waals surface area contributed by atoms with Crippen molar-refractivity contribution in [3.63, 3.8) is 0 Å². The molecular formula is C16H21ClFN3O. The molecule has 1 aromatic carbocycles. The van der Waals surface area contributed by atoms with Crippen LogP contribution >= 0.6 is 12.4 Å². The first-order valence-electron chi connectivity index (χ1n) is 7.33. The summed E-state index contributed by atoms with van der Waals surface area (Å²) in [4.78, 5) is 2.36. The molecule has 0 aliphatic carbocycles. The summed E-state index contributed by atoms with van der Waals surface area (Å²) in [7, 11) is 2.14. The summed E-state index contributed by atoms with van der Waals surface area (Å²) in [6.45, 7) is 4.41. The van der Waals surface area contributed by atoms with Crippen molar-refractivity contribution in [1.82, 2.24) is 15.1 Å². The van der Waals surface area contributed by atoms with Gasteiger partial charge in [-0.15, -0.1) is 12.4 Å². The Labute approximate surface area is 135 Å². The molecular weight excluding hydrogens is 305 g/mol. The molecule has 0 saturated carbocycles. The third-order valence-corrected chi connectivity index (χ3v) is 4.72. The lowest BCUT2D eigenvalue weighted by molar-refractivity contribution is 0.121. The number of nitrogens with zero attached hydrogens (tertiary/aromatic N) is 3. The average Bonchev–Trinajstić information content (AvgIpc) is 2.43. The molecule has 0 amide bonds. The summed E-state index contributed by atoms with van der Waals surface area (Å²) in [6, 6.07) is 5.29. The first-order chi connectivity index (χ1) is 9.95. The van der Waals surface area contributed by atoms with E-state index in [0.717, 1.165) is 24.6 Å². The van der Waals surface area contributed by atoms with Gasteiger partial charge in [-0.2, -0.15) is 10.2 Å². The molecule has 1 aliphatic rings. The number of hydrogen-bond donors (Lipinski definition) is 1. The predicted octanol–water partition coefficient (Wildman–Crippen LogP) is 3.48. The molecule has 1 saturated heterocycles. The maximum atomic E-state index is 14.0. The fourth-order valence-corrected chi connectivity index (χ4v) is 3.23. The Morgan fingerprint density at radius 1 is 1.14 bits per heavy atom. The van der Waals surface area contributed by atoms with Gasteiger partial charge in [-0.1, -0.05) is 0 Å². The van der Waals surface area contributed by atoms with Crippen molar-refractivity contribution in [1.29, 1.82) is 0 Å². The number of aromatic nitrogens is 2. The standard InChI is InChI=1S/C16H20FN3O.ClH/c1-9-4-11(5-10(2)20(9)3)15-8-13-14(17)6-12(21)7-16(13)19-18-15;/h6-11,21H,4-5H2,1-3H3;1H. The third kappa shape index (κ3) is 3.01. The molecule has 0 spiro atoms. The summed E-state index contributed by atoms with van der Waals surface area (Å²) < 4.78 is 14.0. The maximum Gasteiger partial charge on any atom is 0.136 e. The highest BCUT2D eigenvalue weighted by Gasteiger charge is 2.30. The first kappa shape index (κ1) is 16.9. The molecule has 2 heterocycles. The van der Waals surface area contributed by atoms with Gasteiger partial charge in [0.2, 0.25) is 0 Å². The lowest BCUT2D eigenvalue weighted by Gasteiger charge is -2.40. The summed E-state index contributed by atoms with van der Waals surface area (Å²) in [5.74, 6) is -0.268. The molecule has 2 aromatic rings. The van der Waals surface area contributed by atoms with Gasteiger partial charge in [-0.25, -0.2) is 4.39 Å². The van der Waals surface area contributed by atoms with E-state index in [2.05, 4.69) is 36.0 Å². The fraction of sp³-hybridized carbons (Fsp3) is 0.500. The Morgan fingerprint density at radius 3 is 2.41 bits per heavy atom. The quantitative estimate of drug-likeness (QED) is 0.872. The smallest absolute Gasteiger partial charge is 0.136 e. The van der Waals surface area contributed by atoms with Crippen molar-refractivity contribution in [2.24, 2.45) is 0 Å². The molecule has 120 valence electrons. The van der Waals surface area contributed by atoms with Crippen LogP contribution in [0.5, 0.6) is 5.75 Å². The van der Waals surface area contributed by atoms with Gasteiger partial charge in [0, 0.05) is 35.5 Å². The van der Waals surface area contributed by atoms with E-state index < -0.39 is 5.82 Å². The molecule has 1 fully saturated rings. The van der Waals surface area contributed by atoms with Crippen molar-refractivity contribution in [3.8, 4) is 5.75 Å². The highest BCUT2D eigenvalue weighted by molar-refractivity contribution is 5.85. The summed E-state index contributed by atoms with van der Waals surface area (Å²) in [6.07, 6.45) is 2.00. The average molecular weight is 326 g/mol. The monoisotopic (exact) mass is 325 g/mol. The maximum absolute atomic E-state index is 14.0. The molecule has 1 aromatic heterocycles. The molecule has 3 rings (SSSR count). The van der Waals surface area contributed by atoms with Crippen LogP contribution in [-0.4, -0.2) is 39.3 Å². The molecule has 22 heavy (non-hydrogen) atoms. The van der Waals surface area contributed by atoms with Crippen molar-refractivity contribution in [2.75, 3.05) is 7.05 Å². The molecule has 0 radical (unpaired) electrons. The zero-order valence-electron chi connectivity index (χ0n) is 13.0. The van der Waals surface area contributed by atoms with Gasteiger partial charge in [0.05, 0.1) is 11.2 Å². The summed E-state index contributed by atoms with van der Waals surface area (Å²) >= 11 is 0. The number of fused-ring (bicyclic) bond motifs is 1. The van der Waals surface area contributed by atoms with Crippen LogP contribution in [0.25, 0.3) is 10.9 Å². The van der Waals surface area contributed by atoms with E-state index in [9.17, 15) is 9.50 Å². The highest BCUT2D eigenvalue weighted by atomic mass is 35.5. The van der Waals surface area contributed by atoms with Crippen LogP contribution in [0.3, 0.4) is 0 Å². The van der Waals surface area contributed by atoms with Crippen LogP contribution in [0.4, 0.5) is 4.39 Å².